The SMILES string of the molecule is CC(C)CC(=O)C1CCCN(C(=O)c2ccc(N3CCCCC3)nc2)C1. The van der Waals surface area contributed by atoms with Crippen LogP contribution in [0.25, 0.3) is 0 Å². The topological polar surface area (TPSA) is 53.5 Å². The van der Waals surface area contributed by atoms with Crippen molar-refractivity contribution in [1.82, 2.24) is 9.88 Å². The van der Waals surface area contributed by atoms with Crippen molar-refractivity contribution in [2.24, 2.45) is 11.8 Å². The van der Waals surface area contributed by atoms with E-state index in [2.05, 4.69) is 23.7 Å². The largest absolute Gasteiger partial charge is 0.357 e. The van der Waals surface area contributed by atoms with Crippen molar-refractivity contribution in [3.05, 3.63) is 23.9 Å². The molecule has 2 saturated heterocycles. The van der Waals surface area contributed by atoms with Crippen molar-refractivity contribution in [3.63, 3.8) is 0 Å². The normalized spacial score (nSPS) is 21.1. The van der Waals surface area contributed by atoms with Crippen LogP contribution in [0.1, 0.15) is 62.7 Å². The Morgan fingerprint density at radius 2 is 1.88 bits per heavy atom. The van der Waals surface area contributed by atoms with E-state index in [4.69, 9.17) is 0 Å². The molecule has 0 radical (unpaired) electrons. The fourth-order valence-corrected chi connectivity index (χ4v) is 4.00. The molecule has 3 rings (SSSR count). The van der Waals surface area contributed by atoms with E-state index >= 15 is 0 Å². The molecule has 1 unspecified atom stereocenters. The van der Waals surface area contributed by atoms with E-state index in [0.29, 0.717) is 30.2 Å². The molecule has 142 valence electrons. The predicted octanol–water partition coefficient (Wildman–Crippen LogP) is 3.54. The molecule has 26 heavy (non-hydrogen) atoms. The summed E-state index contributed by atoms with van der Waals surface area (Å²) in [5.41, 5.74) is 0.628. The average molecular weight is 357 g/mol. The highest BCUT2D eigenvalue weighted by Crippen LogP contribution is 2.23. The lowest BCUT2D eigenvalue weighted by molar-refractivity contribution is -0.124. The zero-order chi connectivity index (χ0) is 18.5. The summed E-state index contributed by atoms with van der Waals surface area (Å²) < 4.78 is 0. The van der Waals surface area contributed by atoms with Gasteiger partial charge < -0.3 is 9.80 Å². The first-order valence-electron chi connectivity index (χ1n) is 10.1. The van der Waals surface area contributed by atoms with Crippen molar-refractivity contribution in [3.8, 4) is 0 Å². The van der Waals surface area contributed by atoms with E-state index in [-0.39, 0.29) is 11.8 Å². The first-order chi connectivity index (χ1) is 12.5. The van der Waals surface area contributed by atoms with Crippen molar-refractivity contribution in [2.45, 2.75) is 52.4 Å². The molecular formula is C21H31N3O2. The molecule has 5 heteroatoms. The third-order valence-corrected chi connectivity index (χ3v) is 5.45. The Hall–Kier alpha value is -1.91. The average Bonchev–Trinajstić information content (AvgIpc) is 2.68. The number of pyridine rings is 1. The maximum Gasteiger partial charge on any atom is 0.255 e. The molecule has 0 spiro atoms. The van der Waals surface area contributed by atoms with Gasteiger partial charge in [-0.3, -0.25) is 9.59 Å². The van der Waals surface area contributed by atoms with E-state index in [1.54, 1.807) is 6.20 Å². The lowest BCUT2D eigenvalue weighted by Crippen LogP contribution is -2.42. The molecule has 0 aromatic carbocycles. The van der Waals surface area contributed by atoms with Crippen LogP contribution < -0.4 is 4.90 Å². The summed E-state index contributed by atoms with van der Waals surface area (Å²) in [6.45, 7) is 7.52. The van der Waals surface area contributed by atoms with Gasteiger partial charge in [0.15, 0.2) is 0 Å². The van der Waals surface area contributed by atoms with Gasteiger partial charge in [-0.1, -0.05) is 13.8 Å². The van der Waals surface area contributed by atoms with Gasteiger partial charge in [-0.25, -0.2) is 4.98 Å². The molecule has 1 aromatic heterocycles. The number of ketones is 1. The number of amides is 1. The fourth-order valence-electron chi connectivity index (χ4n) is 4.00. The zero-order valence-electron chi connectivity index (χ0n) is 16.1. The Bertz CT molecular complexity index is 621. The first kappa shape index (κ1) is 18.9. The van der Waals surface area contributed by atoms with E-state index in [9.17, 15) is 9.59 Å². The van der Waals surface area contributed by atoms with Gasteiger partial charge in [0, 0.05) is 44.7 Å². The minimum atomic E-state index is -0.00400. The second kappa shape index (κ2) is 8.65. The molecule has 2 aliphatic heterocycles. The molecule has 3 heterocycles. The standard InChI is InChI=1S/C21H31N3O2/c1-16(2)13-19(25)18-7-6-12-24(15-18)21(26)17-8-9-20(22-14-17)23-10-4-3-5-11-23/h8-9,14,16,18H,3-7,10-13,15H2,1-2H3. The predicted molar refractivity (Wildman–Crippen MR) is 103 cm³/mol. The summed E-state index contributed by atoms with van der Waals surface area (Å²) in [4.78, 5) is 33.9. The molecule has 2 fully saturated rings. The van der Waals surface area contributed by atoms with Crippen LogP contribution in [-0.2, 0) is 4.79 Å². The highest BCUT2D eigenvalue weighted by atomic mass is 16.2. The maximum absolute atomic E-state index is 12.8. The third-order valence-electron chi connectivity index (χ3n) is 5.45. The Labute approximate surface area is 156 Å². The monoisotopic (exact) mass is 357 g/mol. The molecule has 5 nitrogen and oxygen atoms in total. The van der Waals surface area contributed by atoms with Crippen LogP contribution in [0.2, 0.25) is 0 Å². The van der Waals surface area contributed by atoms with E-state index in [1.807, 2.05) is 17.0 Å². The van der Waals surface area contributed by atoms with Crippen molar-refractivity contribution < 1.29 is 9.59 Å². The molecule has 2 aliphatic rings. The number of hydrogen-bond donors (Lipinski definition) is 0. The molecule has 0 saturated carbocycles. The number of hydrogen-bond acceptors (Lipinski definition) is 4. The van der Waals surface area contributed by atoms with Crippen LogP contribution >= 0.6 is 0 Å². The molecule has 0 bridgehead atoms. The van der Waals surface area contributed by atoms with Crippen molar-refractivity contribution in [1.29, 1.82) is 0 Å². The second-order valence-corrected chi connectivity index (χ2v) is 8.11. The Balaban J connectivity index is 1.62. The highest BCUT2D eigenvalue weighted by molar-refractivity contribution is 5.94. The summed E-state index contributed by atoms with van der Waals surface area (Å²) in [7, 11) is 0. The number of piperidine rings is 2. The molecule has 1 atom stereocenters. The van der Waals surface area contributed by atoms with Crippen LogP contribution in [-0.4, -0.2) is 47.8 Å². The summed E-state index contributed by atoms with van der Waals surface area (Å²) in [5, 5.41) is 0. The van der Waals surface area contributed by atoms with E-state index < -0.39 is 0 Å². The van der Waals surface area contributed by atoms with Crippen LogP contribution in [0.4, 0.5) is 5.82 Å². The quantitative estimate of drug-likeness (QED) is 0.809. The molecule has 0 N–H and O–H groups in total. The first-order valence-corrected chi connectivity index (χ1v) is 10.1. The van der Waals surface area contributed by atoms with Crippen LogP contribution in [0.5, 0.6) is 0 Å². The Kier molecular flexibility index (Phi) is 6.28. The maximum atomic E-state index is 12.8. The van der Waals surface area contributed by atoms with Gasteiger partial charge >= 0.3 is 0 Å². The number of rotatable bonds is 5. The number of Topliss-reactive ketones (excluding diaryl/α,β-unsaturated/α-hetero) is 1. The Morgan fingerprint density at radius 1 is 1.12 bits per heavy atom. The zero-order valence-corrected chi connectivity index (χ0v) is 16.1. The number of likely N-dealkylation sites (tertiary alicyclic amines) is 1. The Morgan fingerprint density at radius 3 is 2.54 bits per heavy atom. The number of aromatic nitrogens is 1. The van der Waals surface area contributed by atoms with Crippen molar-refractivity contribution >= 4 is 17.5 Å². The van der Waals surface area contributed by atoms with Gasteiger partial charge in [0.25, 0.3) is 5.91 Å². The van der Waals surface area contributed by atoms with E-state index in [0.717, 1.165) is 38.3 Å². The minimum absolute atomic E-state index is 0.00400. The highest BCUT2D eigenvalue weighted by Gasteiger charge is 2.29. The smallest absolute Gasteiger partial charge is 0.255 e. The lowest BCUT2D eigenvalue weighted by atomic mass is 9.89. The molecule has 0 aliphatic carbocycles. The summed E-state index contributed by atoms with van der Waals surface area (Å²) in [6.07, 6.45) is 7.83. The molecule has 1 amide bonds. The van der Waals surface area contributed by atoms with E-state index in [1.165, 1.54) is 19.3 Å². The number of carbonyl (C=O) groups is 2. The van der Waals surface area contributed by atoms with Gasteiger partial charge in [-0.05, 0) is 50.2 Å². The molecular weight excluding hydrogens is 326 g/mol. The van der Waals surface area contributed by atoms with Crippen LogP contribution in [0.15, 0.2) is 18.3 Å². The fraction of sp³-hybridized carbons (Fsp3) is 0.667. The number of carbonyl (C=O) groups excluding carboxylic acids is 2. The van der Waals surface area contributed by atoms with Gasteiger partial charge in [-0.15, -0.1) is 0 Å². The number of anilines is 1. The third kappa shape index (κ3) is 4.63. The number of nitrogens with zero attached hydrogens (tertiary/aromatic N) is 3. The van der Waals surface area contributed by atoms with Crippen LogP contribution in [0, 0.1) is 11.8 Å². The van der Waals surface area contributed by atoms with Crippen molar-refractivity contribution in [2.75, 3.05) is 31.1 Å². The summed E-state index contributed by atoms with van der Waals surface area (Å²) in [5.74, 6) is 1.64. The molecule has 1 aromatic rings. The van der Waals surface area contributed by atoms with Gasteiger partial charge in [0.05, 0.1) is 5.56 Å². The minimum Gasteiger partial charge on any atom is -0.357 e. The van der Waals surface area contributed by atoms with Gasteiger partial charge in [-0.2, -0.15) is 0 Å². The lowest BCUT2D eigenvalue weighted by Gasteiger charge is -2.32. The van der Waals surface area contributed by atoms with Gasteiger partial charge in [0.1, 0.15) is 11.6 Å². The van der Waals surface area contributed by atoms with Crippen LogP contribution in [0.3, 0.4) is 0 Å². The van der Waals surface area contributed by atoms with Gasteiger partial charge in [0.2, 0.25) is 0 Å². The second-order valence-electron chi connectivity index (χ2n) is 8.11. The summed E-state index contributed by atoms with van der Waals surface area (Å²) in [6, 6.07) is 3.85. The summed E-state index contributed by atoms with van der Waals surface area (Å²) >= 11 is 0.